The van der Waals surface area contributed by atoms with E-state index in [1.54, 1.807) is 11.8 Å². The maximum absolute atomic E-state index is 12.5. The van der Waals surface area contributed by atoms with E-state index in [1.807, 2.05) is 48.9 Å². The first kappa shape index (κ1) is 20.3. The predicted octanol–water partition coefficient (Wildman–Crippen LogP) is 3.56. The van der Waals surface area contributed by atoms with Gasteiger partial charge in [-0.25, -0.2) is 0 Å². The molecule has 0 bridgehead atoms. The van der Waals surface area contributed by atoms with Crippen molar-refractivity contribution in [3.63, 3.8) is 0 Å². The smallest absolute Gasteiger partial charge is 0.231 e. The molecule has 2 heterocycles. The van der Waals surface area contributed by atoms with Crippen molar-refractivity contribution in [1.82, 2.24) is 20.1 Å². The fourth-order valence-corrected chi connectivity index (χ4v) is 4.33. The molecule has 4 rings (SSSR count). The van der Waals surface area contributed by atoms with Crippen LogP contribution in [0.1, 0.15) is 35.5 Å². The second-order valence-electron chi connectivity index (χ2n) is 7.27. The molecule has 1 atom stereocenters. The Labute approximate surface area is 179 Å². The van der Waals surface area contributed by atoms with Crippen molar-refractivity contribution < 1.29 is 14.3 Å². The molecule has 3 aromatic rings. The first-order valence-corrected chi connectivity index (χ1v) is 10.7. The van der Waals surface area contributed by atoms with Gasteiger partial charge in [-0.3, -0.25) is 4.79 Å². The number of carbonyl (C=O) groups is 1. The lowest BCUT2D eigenvalue weighted by Crippen LogP contribution is -2.29. The van der Waals surface area contributed by atoms with Crippen LogP contribution in [0.25, 0.3) is 0 Å². The molecular formula is C22H24N4O3S. The summed E-state index contributed by atoms with van der Waals surface area (Å²) in [6, 6.07) is 13.6. The molecule has 1 unspecified atom stereocenters. The molecule has 30 heavy (non-hydrogen) atoms. The van der Waals surface area contributed by atoms with E-state index in [-0.39, 0.29) is 25.2 Å². The Balaban J connectivity index is 1.36. The highest BCUT2D eigenvalue weighted by Gasteiger charge is 2.19. The predicted molar refractivity (Wildman–Crippen MR) is 115 cm³/mol. The van der Waals surface area contributed by atoms with Crippen molar-refractivity contribution in [2.75, 3.05) is 6.79 Å². The Kier molecular flexibility index (Phi) is 5.94. The van der Waals surface area contributed by atoms with Crippen LogP contribution in [0, 0.1) is 6.92 Å². The molecule has 0 spiro atoms. The number of amides is 1. The topological polar surface area (TPSA) is 78.3 Å². The summed E-state index contributed by atoms with van der Waals surface area (Å²) in [5.74, 6) is 2.85. The van der Waals surface area contributed by atoms with Gasteiger partial charge in [0.1, 0.15) is 0 Å². The summed E-state index contributed by atoms with van der Waals surface area (Å²) in [6.45, 7) is 4.24. The Morgan fingerprint density at radius 2 is 2.00 bits per heavy atom. The Hall–Kier alpha value is -3.00. The fraction of sp³-hybridized carbons (Fsp3) is 0.318. The van der Waals surface area contributed by atoms with Crippen LogP contribution in [0.3, 0.4) is 0 Å². The summed E-state index contributed by atoms with van der Waals surface area (Å²) >= 11 is 1.64. The van der Waals surface area contributed by atoms with Crippen molar-refractivity contribution in [3.8, 4) is 11.5 Å². The van der Waals surface area contributed by atoms with Crippen LogP contribution in [-0.2, 0) is 24.0 Å². The van der Waals surface area contributed by atoms with Crippen molar-refractivity contribution in [3.05, 3.63) is 65.0 Å². The first-order valence-electron chi connectivity index (χ1n) is 9.75. The molecular weight excluding hydrogens is 400 g/mol. The zero-order chi connectivity index (χ0) is 21.1. The average molecular weight is 425 g/mol. The highest BCUT2D eigenvalue weighted by atomic mass is 32.2. The third-order valence-corrected chi connectivity index (χ3v) is 6.12. The van der Waals surface area contributed by atoms with E-state index >= 15 is 0 Å². The standard InChI is InChI=1S/C22H24N4O3S/c1-14-6-4-5-7-17(14)12-30-22-25-24-21(26(22)3)15(2)23-20(27)11-16-8-9-18-19(10-16)29-13-28-18/h4-10,15H,11-13H2,1-3H3,(H,23,27). The van der Waals surface area contributed by atoms with Gasteiger partial charge in [0.15, 0.2) is 22.5 Å². The van der Waals surface area contributed by atoms with Gasteiger partial charge in [-0.1, -0.05) is 42.1 Å². The van der Waals surface area contributed by atoms with Crippen molar-refractivity contribution >= 4 is 17.7 Å². The van der Waals surface area contributed by atoms with Crippen LogP contribution in [0.5, 0.6) is 11.5 Å². The van der Waals surface area contributed by atoms with Gasteiger partial charge in [-0.05, 0) is 42.7 Å². The second-order valence-corrected chi connectivity index (χ2v) is 8.21. The number of aryl methyl sites for hydroxylation is 1. The van der Waals surface area contributed by atoms with Crippen molar-refractivity contribution in [2.45, 2.75) is 37.2 Å². The number of rotatable bonds is 7. The minimum absolute atomic E-state index is 0.0847. The Morgan fingerprint density at radius 1 is 1.20 bits per heavy atom. The van der Waals surface area contributed by atoms with Crippen LogP contribution in [0.2, 0.25) is 0 Å². The Morgan fingerprint density at radius 3 is 2.83 bits per heavy atom. The monoisotopic (exact) mass is 424 g/mol. The van der Waals surface area contributed by atoms with Crippen molar-refractivity contribution in [2.24, 2.45) is 7.05 Å². The summed E-state index contributed by atoms with van der Waals surface area (Å²) in [4.78, 5) is 12.5. The zero-order valence-corrected chi connectivity index (χ0v) is 18.0. The van der Waals surface area contributed by atoms with Gasteiger partial charge in [0.2, 0.25) is 12.7 Å². The molecule has 0 saturated heterocycles. The highest BCUT2D eigenvalue weighted by Crippen LogP contribution is 2.32. The van der Waals surface area contributed by atoms with Gasteiger partial charge in [-0.15, -0.1) is 10.2 Å². The molecule has 2 aromatic carbocycles. The fourth-order valence-electron chi connectivity index (χ4n) is 3.34. The summed E-state index contributed by atoms with van der Waals surface area (Å²) in [5, 5.41) is 12.4. The lowest BCUT2D eigenvalue weighted by Gasteiger charge is -2.14. The van der Waals surface area contributed by atoms with E-state index in [0.29, 0.717) is 11.5 Å². The van der Waals surface area contributed by atoms with E-state index in [4.69, 9.17) is 9.47 Å². The third kappa shape index (κ3) is 4.43. The largest absolute Gasteiger partial charge is 0.454 e. The molecule has 1 aliphatic rings. The van der Waals surface area contributed by atoms with E-state index in [9.17, 15) is 4.79 Å². The maximum atomic E-state index is 12.5. The van der Waals surface area contributed by atoms with E-state index in [0.717, 1.165) is 22.3 Å². The van der Waals surface area contributed by atoms with Crippen molar-refractivity contribution in [1.29, 1.82) is 0 Å². The first-order chi connectivity index (χ1) is 14.5. The number of aromatic nitrogens is 3. The van der Waals surface area contributed by atoms with Gasteiger partial charge >= 0.3 is 0 Å². The van der Waals surface area contributed by atoms with Crippen LogP contribution in [0.4, 0.5) is 0 Å². The minimum Gasteiger partial charge on any atom is -0.454 e. The van der Waals surface area contributed by atoms with E-state index in [1.165, 1.54) is 11.1 Å². The number of thioether (sulfide) groups is 1. The second kappa shape index (κ2) is 8.79. The summed E-state index contributed by atoms with van der Waals surface area (Å²) in [7, 11) is 1.93. The lowest BCUT2D eigenvalue weighted by molar-refractivity contribution is -0.121. The normalized spacial score (nSPS) is 13.3. The SMILES string of the molecule is Cc1ccccc1CSc1nnc(C(C)NC(=O)Cc2ccc3c(c2)OCO3)n1C. The average Bonchev–Trinajstić information content (AvgIpc) is 3.33. The summed E-state index contributed by atoms with van der Waals surface area (Å²) in [5.41, 5.74) is 3.41. The van der Waals surface area contributed by atoms with E-state index < -0.39 is 0 Å². The molecule has 1 aromatic heterocycles. The summed E-state index contributed by atoms with van der Waals surface area (Å²) in [6.07, 6.45) is 0.258. The van der Waals surface area contributed by atoms with Gasteiger partial charge in [-0.2, -0.15) is 0 Å². The molecule has 0 aliphatic carbocycles. The Bertz CT molecular complexity index is 1070. The number of nitrogens with one attached hydrogen (secondary N) is 1. The van der Waals surface area contributed by atoms with Crippen LogP contribution < -0.4 is 14.8 Å². The summed E-state index contributed by atoms with van der Waals surface area (Å²) < 4.78 is 12.6. The molecule has 1 N–H and O–H groups in total. The maximum Gasteiger partial charge on any atom is 0.231 e. The van der Waals surface area contributed by atoms with Gasteiger partial charge < -0.3 is 19.4 Å². The van der Waals surface area contributed by atoms with Gasteiger partial charge in [0, 0.05) is 12.8 Å². The number of hydrogen-bond donors (Lipinski definition) is 1. The number of fused-ring (bicyclic) bond motifs is 1. The molecule has 7 nitrogen and oxygen atoms in total. The number of carbonyl (C=O) groups excluding carboxylic acids is 1. The lowest BCUT2D eigenvalue weighted by atomic mass is 10.1. The molecule has 0 saturated carbocycles. The molecule has 0 fully saturated rings. The van der Waals surface area contributed by atoms with E-state index in [2.05, 4.69) is 34.6 Å². The van der Waals surface area contributed by atoms with Crippen LogP contribution >= 0.6 is 11.8 Å². The number of ether oxygens (including phenoxy) is 2. The van der Waals surface area contributed by atoms with Crippen LogP contribution in [-0.4, -0.2) is 27.5 Å². The number of hydrogen-bond acceptors (Lipinski definition) is 6. The molecule has 8 heteroatoms. The third-order valence-electron chi connectivity index (χ3n) is 5.05. The number of benzene rings is 2. The van der Waals surface area contributed by atoms with Crippen LogP contribution in [0.15, 0.2) is 47.6 Å². The van der Waals surface area contributed by atoms with Gasteiger partial charge in [0.05, 0.1) is 12.5 Å². The quantitative estimate of drug-likeness (QED) is 0.585. The molecule has 1 amide bonds. The molecule has 1 aliphatic heterocycles. The molecule has 156 valence electrons. The zero-order valence-electron chi connectivity index (χ0n) is 17.2. The minimum atomic E-state index is -0.253. The number of nitrogens with zero attached hydrogens (tertiary/aromatic N) is 3. The molecule has 0 radical (unpaired) electrons. The highest BCUT2D eigenvalue weighted by molar-refractivity contribution is 7.98. The van der Waals surface area contributed by atoms with Gasteiger partial charge in [0.25, 0.3) is 0 Å².